The van der Waals surface area contributed by atoms with E-state index in [-0.39, 0.29) is 19.0 Å². The average Bonchev–Trinajstić information content (AvgIpc) is 3.35. The number of hydrogen-bond acceptors (Lipinski definition) is 6. The van der Waals surface area contributed by atoms with Gasteiger partial charge in [0.15, 0.2) is 12.5 Å². The molecule has 2 atom stereocenters. The van der Waals surface area contributed by atoms with Gasteiger partial charge in [-0.1, -0.05) is 91.0 Å². The van der Waals surface area contributed by atoms with Gasteiger partial charge in [-0.2, -0.15) is 4.98 Å². The van der Waals surface area contributed by atoms with E-state index in [0.717, 1.165) is 16.7 Å². The topological polar surface area (TPSA) is 88.6 Å². The molecule has 2 heterocycles. The largest absolute Gasteiger partial charge is 0.383 e. The van der Waals surface area contributed by atoms with Crippen molar-refractivity contribution < 1.29 is 14.2 Å². The minimum Gasteiger partial charge on any atom is -0.383 e. The van der Waals surface area contributed by atoms with E-state index in [1.807, 2.05) is 54.6 Å². The van der Waals surface area contributed by atoms with Crippen LogP contribution in [0.3, 0.4) is 0 Å². The van der Waals surface area contributed by atoms with Crippen molar-refractivity contribution in [2.75, 3.05) is 18.9 Å². The zero-order valence-electron chi connectivity index (χ0n) is 18.5. The Kier molecular flexibility index (Phi) is 6.22. The number of hydrogen-bond donors (Lipinski definition) is 1. The predicted octanol–water partition coefficient (Wildman–Crippen LogP) is 3.71. The molecule has 4 aromatic rings. The highest BCUT2D eigenvalue weighted by Gasteiger charge is 2.39. The molecule has 0 saturated carbocycles. The second-order valence-corrected chi connectivity index (χ2v) is 7.99. The highest BCUT2D eigenvalue weighted by molar-refractivity contribution is 5.47. The first kappa shape index (κ1) is 22.0. The molecule has 0 amide bonds. The van der Waals surface area contributed by atoms with Crippen LogP contribution >= 0.6 is 0 Å². The van der Waals surface area contributed by atoms with E-state index < -0.39 is 23.8 Å². The Bertz CT molecular complexity index is 1180. The lowest BCUT2D eigenvalue weighted by atomic mass is 9.80. The molecule has 2 N–H and O–H groups in total. The fourth-order valence-electron chi connectivity index (χ4n) is 4.28. The summed E-state index contributed by atoms with van der Waals surface area (Å²) in [6, 6.07) is 31.8. The summed E-state index contributed by atoms with van der Waals surface area (Å²) in [6.45, 7) is 0.348. The second kappa shape index (κ2) is 9.61. The van der Waals surface area contributed by atoms with Crippen LogP contribution in [0.4, 0.5) is 5.82 Å². The van der Waals surface area contributed by atoms with Gasteiger partial charge in [0.1, 0.15) is 11.4 Å². The first-order chi connectivity index (χ1) is 16.7. The van der Waals surface area contributed by atoms with Gasteiger partial charge >= 0.3 is 5.69 Å². The van der Waals surface area contributed by atoms with Gasteiger partial charge < -0.3 is 19.9 Å². The second-order valence-electron chi connectivity index (χ2n) is 7.99. The van der Waals surface area contributed by atoms with Crippen LogP contribution in [0, 0.1) is 0 Å². The molecule has 34 heavy (non-hydrogen) atoms. The summed E-state index contributed by atoms with van der Waals surface area (Å²) in [5.41, 5.74) is 7.19. The molecule has 5 rings (SSSR count). The number of aromatic nitrogens is 2. The summed E-state index contributed by atoms with van der Waals surface area (Å²) >= 11 is 0. The van der Waals surface area contributed by atoms with Crippen molar-refractivity contribution in [3.8, 4) is 0 Å². The average molecular weight is 456 g/mol. The van der Waals surface area contributed by atoms with Gasteiger partial charge in [0, 0.05) is 6.20 Å². The van der Waals surface area contributed by atoms with Gasteiger partial charge in [0.05, 0.1) is 13.2 Å². The van der Waals surface area contributed by atoms with Gasteiger partial charge in [-0.15, -0.1) is 0 Å². The Morgan fingerprint density at radius 2 is 1.41 bits per heavy atom. The Balaban J connectivity index is 1.47. The van der Waals surface area contributed by atoms with Crippen LogP contribution in [-0.2, 0) is 19.8 Å². The minimum absolute atomic E-state index is 0.145. The van der Waals surface area contributed by atoms with Crippen LogP contribution in [0.15, 0.2) is 108 Å². The Hall–Kier alpha value is -3.78. The molecular formula is C27H25N3O4. The summed E-state index contributed by atoms with van der Waals surface area (Å²) in [7, 11) is 0. The zero-order chi connectivity index (χ0) is 23.4. The molecule has 7 heteroatoms. The Morgan fingerprint density at radius 1 is 0.882 bits per heavy atom. The molecule has 3 aromatic carbocycles. The van der Waals surface area contributed by atoms with E-state index in [4.69, 9.17) is 19.9 Å². The molecule has 0 radical (unpaired) electrons. The first-order valence-electron chi connectivity index (χ1n) is 11.1. The molecule has 7 nitrogen and oxygen atoms in total. The van der Waals surface area contributed by atoms with Gasteiger partial charge in [0.25, 0.3) is 0 Å². The van der Waals surface area contributed by atoms with Crippen LogP contribution < -0.4 is 11.4 Å². The fraction of sp³-hybridized carbons (Fsp3) is 0.185. The highest BCUT2D eigenvalue weighted by atomic mass is 16.7. The van der Waals surface area contributed by atoms with Crippen LogP contribution in [0.1, 0.15) is 22.9 Å². The van der Waals surface area contributed by atoms with Gasteiger partial charge in [-0.3, -0.25) is 4.57 Å². The lowest BCUT2D eigenvalue weighted by molar-refractivity contribution is -0.139. The maximum Gasteiger partial charge on any atom is 0.351 e. The SMILES string of the molecule is Nc1ccn([C@@H]2CO[C@H](COC(c3ccccc3)(c3ccccc3)c3ccccc3)O2)c(=O)n1. The number of anilines is 1. The van der Waals surface area contributed by atoms with Crippen LogP contribution in [0.2, 0.25) is 0 Å². The van der Waals surface area contributed by atoms with E-state index in [1.165, 1.54) is 4.57 Å². The number of rotatable bonds is 7. The third-order valence-electron chi connectivity index (χ3n) is 5.87. The highest BCUT2D eigenvalue weighted by Crippen LogP contribution is 2.41. The van der Waals surface area contributed by atoms with Crippen molar-refractivity contribution in [1.82, 2.24) is 9.55 Å². The summed E-state index contributed by atoms with van der Waals surface area (Å²) in [5.74, 6) is 0.165. The number of ether oxygens (including phenoxy) is 3. The predicted molar refractivity (Wildman–Crippen MR) is 128 cm³/mol. The molecule has 172 valence electrons. The van der Waals surface area contributed by atoms with Crippen molar-refractivity contribution in [3.05, 3.63) is 130 Å². The lowest BCUT2D eigenvalue weighted by Gasteiger charge is -2.36. The molecule has 0 unspecified atom stereocenters. The summed E-state index contributed by atoms with van der Waals surface area (Å²) in [4.78, 5) is 16.0. The molecular weight excluding hydrogens is 430 g/mol. The maximum atomic E-state index is 12.2. The van der Waals surface area contributed by atoms with Crippen LogP contribution in [-0.4, -0.2) is 29.1 Å². The quantitative estimate of drug-likeness (QED) is 0.428. The third kappa shape index (κ3) is 4.24. The molecule has 1 saturated heterocycles. The fourth-order valence-corrected chi connectivity index (χ4v) is 4.28. The maximum absolute atomic E-state index is 12.2. The van der Waals surface area contributed by atoms with Crippen molar-refractivity contribution in [2.24, 2.45) is 0 Å². The zero-order valence-corrected chi connectivity index (χ0v) is 18.5. The number of nitrogen functional groups attached to an aromatic ring is 1. The van der Waals surface area contributed by atoms with E-state index >= 15 is 0 Å². The molecule has 1 fully saturated rings. The third-order valence-corrected chi connectivity index (χ3v) is 5.87. The van der Waals surface area contributed by atoms with E-state index in [1.54, 1.807) is 12.3 Å². The van der Waals surface area contributed by atoms with Gasteiger partial charge in [-0.05, 0) is 22.8 Å². The van der Waals surface area contributed by atoms with Crippen molar-refractivity contribution in [2.45, 2.75) is 18.1 Å². The molecule has 1 aromatic heterocycles. The lowest BCUT2D eigenvalue weighted by Crippen LogP contribution is -2.36. The van der Waals surface area contributed by atoms with E-state index in [0.29, 0.717) is 0 Å². The molecule has 1 aliphatic heterocycles. The molecule has 0 spiro atoms. The standard InChI is InChI=1S/C27H25N3O4/c28-23-16-17-30(26(31)29-23)24-18-32-25(34-24)19-33-27(20-10-4-1-5-11-20,21-12-6-2-7-13-21)22-14-8-3-9-15-22/h1-17,24-25H,18-19H2,(H2,28,29,31)/t24-,25-/m0/s1. The summed E-state index contributed by atoms with van der Waals surface area (Å²) in [5, 5.41) is 0. The Labute approximate surface area is 197 Å². The summed E-state index contributed by atoms with van der Waals surface area (Å²) in [6.07, 6.45) is 0.295. The normalized spacial score (nSPS) is 18.1. The van der Waals surface area contributed by atoms with Crippen molar-refractivity contribution in [1.29, 1.82) is 0 Å². The smallest absolute Gasteiger partial charge is 0.351 e. The summed E-state index contributed by atoms with van der Waals surface area (Å²) < 4.78 is 20.0. The number of nitrogens with zero attached hydrogens (tertiary/aromatic N) is 2. The van der Waals surface area contributed by atoms with Crippen molar-refractivity contribution >= 4 is 5.82 Å². The van der Waals surface area contributed by atoms with E-state index in [2.05, 4.69) is 41.4 Å². The van der Waals surface area contributed by atoms with Crippen LogP contribution in [0.25, 0.3) is 0 Å². The van der Waals surface area contributed by atoms with E-state index in [9.17, 15) is 4.79 Å². The van der Waals surface area contributed by atoms with Crippen LogP contribution in [0.5, 0.6) is 0 Å². The monoisotopic (exact) mass is 455 g/mol. The van der Waals surface area contributed by atoms with Crippen molar-refractivity contribution in [3.63, 3.8) is 0 Å². The first-order valence-corrected chi connectivity index (χ1v) is 11.1. The molecule has 0 bridgehead atoms. The Morgan fingerprint density at radius 3 is 1.91 bits per heavy atom. The molecule has 1 aliphatic rings. The molecule has 0 aliphatic carbocycles. The minimum atomic E-state index is -0.881. The van der Waals surface area contributed by atoms with Gasteiger partial charge in [0.2, 0.25) is 0 Å². The number of nitrogens with two attached hydrogens (primary N) is 1. The number of benzene rings is 3. The van der Waals surface area contributed by atoms with Gasteiger partial charge in [-0.25, -0.2) is 4.79 Å².